The molecule has 0 aromatic heterocycles. The third-order valence-corrected chi connectivity index (χ3v) is 5.25. The Labute approximate surface area is 129 Å². The summed E-state index contributed by atoms with van der Waals surface area (Å²) >= 11 is 0. The second-order valence-corrected chi connectivity index (χ2v) is 7.23. The molecule has 0 aliphatic heterocycles. The third-order valence-electron chi connectivity index (χ3n) is 5.25. The molecule has 0 heterocycles. The minimum atomic E-state index is -0.164. The lowest BCUT2D eigenvalue weighted by atomic mass is 9.89. The van der Waals surface area contributed by atoms with Gasteiger partial charge in [-0.05, 0) is 44.6 Å². The van der Waals surface area contributed by atoms with Gasteiger partial charge in [-0.25, -0.2) is 0 Å². The van der Waals surface area contributed by atoms with Gasteiger partial charge in [0.15, 0.2) is 0 Å². The molecule has 122 valence electrons. The first-order chi connectivity index (χ1) is 10.1. The highest BCUT2D eigenvalue weighted by molar-refractivity contribution is 5.77. The van der Waals surface area contributed by atoms with Gasteiger partial charge in [0.05, 0.1) is 12.6 Å². The van der Waals surface area contributed by atoms with Gasteiger partial charge in [-0.15, -0.1) is 0 Å². The maximum atomic E-state index is 12.3. The van der Waals surface area contributed by atoms with E-state index < -0.39 is 0 Å². The molecular weight excluding hydrogens is 264 g/mol. The van der Waals surface area contributed by atoms with Gasteiger partial charge < -0.3 is 10.0 Å². The molecule has 0 aromatic carbocycles. The molecule has 4 nitrogen and oxygen atoms in total. The predicted octanol–water partition coefficient (Wildman–Crippen LogP) is 2.12. The van der Waals surface area contributed by atoms with Gasteiger partial charge in [0, 0.05) is 20.1 Å². The molecule has 0 radical (unpaired) electrons. The van der Waals surface area contributed by atoms with Crippen molar-refractivity contribution >= 4 is 5.91 Å². The number of hydrogen-bond donors (Lipinski definition) is 1. The molecule has 1 amide bonds. The van der Waals surface area contributed by atoms with Gasteiger partial charge in [0.1, 0.15) is 0 Å². The van der Waals surface area contributed by atoms with Crippen LogP contribution in [0.4, 0.5) is 0 Å². The first-order valence-corrected chi connectivity index (χ1v) is 8.67. The quantitative estimate of drug-likeness (QED) is 0.816. The Balaban J connectivity index is 1.69. The van der Waals surface area contributed by atoms with Gasteiger partial charge >= 0.3 is 0 Å². The molecule has 2 saturated carbocycles. The first-order valence-electron chi connectivity index (χ1n) is 8.67. The molecule has 1 N–H and O–H groups in total. The van der Waals surface area contributed by atoms with Crippen LogP contribution in [0.3, 0.4) is 0 Å². The monoisotopic (exact) mass is 296 g/mol. The van der Waals surface area contributed by atoms with E-state index in [-0.39, 0.29) is 12.0 Å². The van der Waals surface area contributed by atoms with Crippen LogP contribution in [0.5, 0.6) is 0 Å². The first kappa shape index (κ1) is 16.8. The highest BCUT2D eigenvalue weighted by Crippen LogP contribution is 2.26. The van der Waals surface area contributed by atoms with E-state index in [9.17, 15) is 9.90 Å². The molecule has 2 aliphatic carbocycles. The molecule has 2 unspecified atom stereocenters. The number of hydrogen-bond acceptors (Lipinski definition) is 3. The second kappa shape index (κ2) is 8.14. The fourth-order valence-corrected chi connectivity index (χ4v) is 3.91. The van der Waals surface area contributed by atoms with Crippen LogP contribution >= 0.6 is 0 Å². The summed E-state index contributed by atoms with van der Waals surface area (Å²) in [5.41, 5.74) is 0. The topological polar surface area (TPSA) is 43.8 Å². The average Bonchev–Trinajstić information content (AvgIpc) is 2.85. The molecule has 4 heteroatoms. The van der Waals surface area contributed by atoms with Crippen molar-refractivity contribution in [3.05, 3.63) is 0 Å². The van der Waals surface area contributed by atoms with E-state index in [1.807, 2.05) is 19.0 Å². The number of likely N-dealkylation sites (N-methyl/N-ethyl adjacent to an activating group) is 2. The van der Waals surface area contributed by atoms with Crippen LogP contribution < -0.4 is 0 Å². The van der Waals surface area contributed by atoms with Gasteiger partial charge in [-0.1, -0.05) is 25.7 Å². The number of aliphatic hydroxyl groups excluding tert-OH is 1. The lowest BCUT2D eigenvalue weighted by Gasteiger charge is -2.29. The van der Waals surface area contributed by atoms with Crippen LogP contribution in [0.15, 0.2) is 0 Å². The molecule has 2 fully saturated rings. The number of carbonyl (C=O) groups is 1. The van der Waals surface area contributed by atoms with Crippen molar-refractivity contribution in [2.24, 2.45) is 11.8 Å². The lowest BCUT2D eigenvalue weighted by Crippen LogP contribution is -2.41. The van der Waals surface area contributed by atoms with Gasteiger partial charge in [-0.3, -0.25) is 9.69 Å². The molecular formula is C17H32N2O2. The standard InChI is InChI=1S/C17H32N2O2/c1-18(12-15-9-6-10-16(15)20)13-17(21)19(2)11-14-7-4-3-5-8-14/h14-16,20H,3-13H2,1-2H3. The number of amides is 1. The maximum Gasteiger partial charge on any atom is 0.236 e. The van der Waals surface area contributed by atoms with Crippen LogP contribution in [-0.2, 0) is 4.79 Å². The number of aliphatic hydroxyl groups is 1. The molecule has 0 aromatic rings. The number of rotatable bonds is 6. The summed E-state index contributed by atoms with van der Waals surface area (Å²) in [7, 11) is 3.94. The molecule has 2 atom stereocenters. The largest absolute Gasteiger partial charge is 0.393 e. The van der Waals surface area contributed by atoms with E-state index in [1.54, 1.807) is 0 Å². The molecule has 0 bridgehead atoms. The Morgan fingerprint density at radius 3 is 2.33 bits per heavy atom. The number of nitrogens with zero attached hydrogens (tertiary/aromatic N) is 2. The Morgan fingerprint density at radius 2 is 1.71 bits per heavy atom. The normalized spacial score (nSPS) is 27.2. The van der Waals surface area contributed by atoms with E-state index in [4.69, 9.17) is 0 Å². The zero-order valence-electron chi connectivity index (χ0n) is 13.8. The van der Waals surface area contributed by atoms with Crippen molar-refractivity contribution in [1.29, 1.82) is 0 Å². The lowest BCUT2D eigenvalue weighted by molar-refractivity contribution is -0.131. The van der Waals surface area contributed by atoms with Gasteiger partial charge in [-0.2, -0.15) is 0 Å². The van der Waals surface area contributed by atoms with E-state index in [2.05, 4.69) is 4.90 Å². The average molecular weight is 296 g/mol. The van der Waals surface area contributed by atoms with Crippen molar-refractivity contribution in [2.45, 2.75) is 57.5 Å². The summed E-state index contributed by atoms with van der Waals surface area (Å²) in [6, 6.07) is 0. The van der Waals surface area contributed by atoms with Crippen LogP contribution in [0, 0.1) is 11.8 Å². The summed E-state index contributed by atoms with van der Waals surface area (Å²) in [6.07, 6.45) is 9.55. The Kier molecular flexibility index (Phi) is 6.49. The van der Waals surface area contributed by atoms with E-state index in [1.165, 1.54) is 32.1 Å². The fraction of sp³-hybridized carbons (Fsp3) is 0.941. The minimum absolute atomic E-state index is 0.164. The fourth-order valence-electron chi connectivity index (χ4n) is 3.91. The van der Waals surface area contributed by atoms with Gasteiger partial charge in [0.2, 0.25) is 5.91 Å². The van der Waals surface area contributed by atoms with Gasteiger partial charge in [0.25, 0.3) is 0 Å². The van der Waals surface area contributed by atoms with E-state index in [0.717, 1.165) is 32.4 Å². The highest BCUT2D eigenvalue weighted by atomic mass is 16.3. The van der Waals surface area contributed by atoms with Crippen LogP contribution in [-0.4, -0.2) is 60.6 Å². The van der Waals surface area contributed by atoms with Crippen molar-refractivity contribution in [3.8, 4) is 0 Å². The zero-order valence-corrected chi connectivity index (χ0v) is 13.8. The van der Waals surface area contributed by atoms with Crippen molar-refractivity contribution in [2.75, 3.05) is 33.7 Å². The summed E-state index contributed by atoms with van der Waals surface area (Å²) in [5.74, 6) is 1.27. The maximum absolute atomic E-state index is 12.3. The van der Waals surface area contributed by atoms with E-state index >= 15 is 0 Å². The SMILES string of the molecule is CN(CC(=O)N(C)CC1CCCCC1)CC1CCCC1O. The Morgan fingerprint density at radius 1 is 1.00 bits per heavy atom. The molecule has 0 saturated heterocycles. The second-order valence-electron chi connectivity index (χ2n) is 7.23. The molecule has 2 rings (SSSR count). The highest BCUT2D eigenvalue weighted by Gasteiger charge is 2.27. The van der Waals surface area contributed by atoms with Crippen LogP contribution in [0.25, 0.3) is 0 Å². The van der Waals surface area contributed by atoms with Crippen LogP contribution in [0.1, 0.15) is 51.4 Å². The van der Waals surface area contributed by atoms with Crippen molar-refractivity contribution in [1.82, 2.24) is 9.80 Å². The molecule has 2 aliphatic rings. The molecule has 21 heavy (non-hydrogen) atoms. The Bertz CT molecular complexity index is 329. The summed E-state index contributed by atoms with van der Waals surface area (Å²) in [4.78, 5) is 16.3. The van der Waals surface area contributed by atoms with Crippen LogP contribution in [0.2, 0.25) is 0 Å². The molecule has 0 spiro atoms. The summed E-state index contributed by atoms with van der Waals surface area (Å²) in [6.45, 7) is 2.23. The van der Waals surface area contributed by atoms with E-state index in [0.29, 0.717) is 18.4 Å². The summed E-state index contributed by atoms with van der Waals surface area (Å²) < 4.78 is 0. The smallest absolute Gasteiger partial charge is 0.236 e. The summed E-state index contributed by atoms with van der Waals surface area (Å²) in [5, 5.41) is 9.88. The zero-order chi connectivity index (χ0) is 15.2. The third kappa shape index (κ3) is 5.26. The van der Waals surface area contributed by atoms with Crippen molar-refractivity contribution in [3.63, 3.8) is 0 Å². The number of carbonyl (C=O) groups excluding carboxylic acids is 1. The predicted molar refractivity (Wildman–Crippen MR) is 85.1 cm³/mol. The van der Waals surface area contributed by atoms with Crippen molar-refractivity contribution < 1.29 is 9.90 Å². The Hall–Kier alpha value is -0.610. The minimum Gasteiger partial charge on any atom is -0.393 e.